The Labute approximate surface area is 116 Å². The number of nitrogens with zero attached hydrogens (tertiary/aromatic N) is 1. The second-order valence-corrected chi connectivity index (χ2v) is 3.86. The zero-order valence-corrected chi connectivity index (χ0v) is 11.7. The molecular formula is C12H15N3O3S. The average Bonchev–Trinajstić information content (AvgIpc) is 2.39. The fraction of sp³-hybridized carbons (Fsp3) is 0.250. The molecule has 0 radical (unpaired) electrons. The van der Waals surface area contributed by atoms with Gasteiger partial charge in [0.05, 0.1) is 13.3 Å². The van der Waals surface area contributed by atoms with Gasteiger partial charge in [0.1, 0.15) is 0 Å². The SMILES string of the molecule is CNC(=S)N/N=C\c1ccc(OC(C)=O)c(OC)c1. The van der Waals surface area contributed by atoms with Crippen LogP contribution in [0, 0.1) is 0 Å². The highest BCUT2D eigenvalue weighted by Gasteiger charge is 2.07. The largest absolute Gasteiger partial charge is 0.493 e. The summed E-state index contributed by atoms with van der Waals surface area (Å²) >= 11 is 4.87. The topological polar surface area (TPSA) is 72.0 Å². The molecule has 1 aromatic carbocycles. The number of benzene rings is 1. The molecule has 0 saturated carbocycles. The Bertz CT molecular complexity index is 503. The third kappa shape index (κ3) is 4.92. The minimum atomic E-state index is -0.402. The number of ether oxygens (including phenoxy) is 2. The number of hydrogen-bond donors (Lipinski definition) is 2. The van der Waals surface area contributed by atoms with Crippen LogP contribution in [0.4, 0.5) is 0 Å². The van der Waals surface area contributed by atoms with Gasteiger partial charge in [-0.1, -0.05) is 0 Å². The molecule has 0 heterocycles. The van der Waals surface area contributed by atoms with Gasteiger partial charge in [-0.05, 0) is 36.0 Å². The number of esters is 1. The second-order valence-electron chi connectivity index (χ2n) is 3.45. The highest BCUT2D eigenvalue weighted by atomic mass is 32.1. The molecule has 0 aromatic heterocycles. The first-order valence-electron chi connectivity index (χ1n) is 5.44. The van der Waals surface area contributed by atoms with Crippen molar-refractivity contribution in [3.63, 3.8) is 0 Å². The highest BCUT2D eigenvalue weighted by molar-refractivity contribution is 7.80. The number of rotatable bonds is 4. The van der Waals surface area contributed by atoms with Gasteiger partial charge in [-0.25, -0.2) is 0 Å². The predicted molar refractivity (Wildman–Crippen MR) is 76.7 cm³/mol. The van der Waals surface area contributed by atoms with Crippen molar-refractivity contribution in [1.29, 1.82) is 0 Å². The van der Waals surface area contributed by atoms with E-state index in [1.807, 2.05) is 0 Å². The first kappa shape index (κ1) is 14.9. The molecule has 0 aliphatic heterocycles. The molecule has 102 valence electrons. The van der Waals surface area contributed by atoms with Gasteiger partial charge < -0.3 is 14.8 Å². The summed E-state index contributed by atoms with van der Waals surface area (Å²) < 4.78 is 10.1. The lowest BCUT2D eigenvalue weighted by Crippen LogP contribution is -2.28. The number of nitrogens with one attached hydrogen (secondary N) is 2. The van der Waals surface area contributed by atoms with Crippen LogP contribution in [0.1, 0.15) is 12.5 Å². The summed E-state index contributed by atoms with van der Waals surface area (Å²) in [5.74, 6) is 0.418. The first-order valence-corrected chi connectivity index (χ1v) is 5.85. The minimum Gasteiger partial charge on any atom is -0.493 e. The van der Waals surface area contributed by atoms with Crippen LogP contribution in [-0.4, -0.2) is 31.5 Å². The summed E-state index contributed by atoms with van der Waals surface area (Å²) in [6, 6.07) is 5.08. The number of hydrogen-bond acceptors (Lipinski definition) is 5. The predicted octanol–water partition coefficient (Wildman–Crippen LogP) is 1.05. The number of methoxy groups -OCH3 is 1. The molecule has 0 aliphatic carbocycles. The maximum atomic E-state index is 10.9. The molecule has 19 heavy (non-hydrogen) atoms. The highest BCUT2D eigenvalue weighted by Crippen LogP contribution is 2.27. The molecule has 0 unspecified atom stereocenters. The summed E-state index contributed by atoms with van der Waals surface area (Å²) in [4.78, 5) is 10.9. The average molecular weight is 281 g/mol. The van der Waals surface area contributed by atoms with Crippen LogP contribution in [0.5, 0.6) is 11.5 Å². The maximum Gasteiger partial charge on any atom is 0.308 e. The van der Waals surface area contributed by atoms with Crippen LogP contribution in [0.15, 0.2) is 23.3 Å². The van der Waals surface area contributed by atoms with E-state index in [0.717, 1.165) is 5.56 Å². The molecular weight excluding hydrogens is 266 g/mol. The van der Waals surface area contributed by atoms with E-state index < -0.39 is 5.97 Å². The standard InChI is InChI=1S/C12H15N3O3S/c1-8(16)18-10-5-4-9(6-11(10)17-3)7-14-15-12(19)13-2/h4-7H,1-3H3,(H2,13,15,19)/b14-7-. The first-order chi connectivity index (χ1) is 9.06. The summed E-state index contributed by atoms with van der Waals surface area (Å²) in [6.07, 6.45) is 1.57. The number of carbonyl (C=O) groups excluding carboxylic acids is 1. The Balaban J connectivity index is 2.81. The smallest absolute Gasteiger partial charge is 0.308 e. The van der Waals surface area contributed by atoms with Crippen LogP contribution < -0.4 is 20.2 Å². The third-order valence-corrected chi connectivity index (χ3v) is 2.34. The third-order valence-electron chi connectivity index (χ3n) is 2.05. The van der Waals surface area contributed by atoms with E-state index in [4.69, 9.17) is 21.7 Å². The summed E-state index contributed by atoms with van der Waals surface area (Å²) in [5.41, 5.74) is 3.41. The van der Waals surface area contributed by atoms with E-state index in [0.29, 0.717) is 16.6 Å². The van der Waals surface area contributed by atoms with Gasteiger partial charge in [-0.3, -0.25) is 10.2 Å². The van der Waals surface area contributed by atoms with Crippen molar-refractivity contribution in [3.05, 3.63) is 23.8 Å². The normalized spacial score (nSPS) is 10.1. The van der Waals surface area contributed by atoms with Gasteiger partial charge in [-0.2, -0.15) is 5.10 Å². The monoisotopic (exact) mass is 281 g/mol. The van der Waals surface area contributed by atoms with Crippen molar-refractivity contribution >= 4 is 29.5 Å². The fourth-order valence-electron chi connectivity index (χ4n) is 1.22. The van der Waals surface area contributed by atoms with Crippen molar-refractivity contribution in [3.8, 4) is 11.5 Å². The van der Waals surface area contributed by atoms with Gasteiger partial charge in [0.25, 0.3) is 0 Å². The Hall–Kier alpha value is -2.15. The van der Waals surface area contributed by atoms with Crippen LogP contribution in [0.3, 0.4) is 0 Å². The van der Waals surface area contributed by atoms with E-state index in [1.54, 1.807) is 31.5 Å². The van der Waals surface area contributed by atoms with Crippen LogP contribution >= 0.6 is 12.2 Å². The van der Waals surface area contributed by atoms with E-state index in [-0.39, 0.29) is 0 Å². The van der Waals surface area contributed by atoms with Crippen LogP contribution in [0.2, 0.25) is 0 Å². The Morgan fingerprint density at radius 3 is 2.74 bits per heavy atom. The van der Waals surface area contributed by atoms with Crippen LogP contribution in [0.25, 0.3) is 0 Å². The number of hydrazone groups is 1. The fourth-order valence-corrected chi connectivity index (χ4v) is 1.28. The lowest BCUT2D eigenvalue weighted by Gasteiger charge is -2.08. The number of thiocarbonyl (C=S) groups is 1. The zero-order valence-electron chi connectivity index (χ0n) is 10.9. The second kappa shape index (κ2) is 7.32. The van der Waals surface area contributed by atoms with Gasteiger partial charge in [0.2, 0.25) is 0 Å². The molecule has 7 heteroatoms. The molecule has 0 amide bonds. The molecule has 1 aromatic rings. The van der Waals surface area contributed by atoms with E-state index in [9.17, 15) is 4.79 Å². The molecule has 0 atom stereocenters. The van der Waals surface area contributed by atoms with Gasteiger partial charge in [0.15, 0.2) is 16.6 Å². The Morgan fingerprint density at radius 2 is 2.16 bits per heavy atom. The van der Waals surface area contributed by atoms with Crippen molar-refractivity contribution < 1.29 is 14.3 Å². The summed E-state index contributed by atoms with van der Waals surface area (Å²) in [6.45, 7) is 1.33. The maximum absolute atomic E-state index is 10.9. The quantitative estimate of drug-likeness (QED) is 0.282. The van der Waals surface area contributed by atoms with Gasteiger partial charge in [-0.15, -0.1) is 0 Å². The van der Waals surface area contributed by atoms with E-state index in [1.165, 1.54) is 14.0 Å². The lowest BCUT2D eigenvalue weighted by molar-refractivity contribution is -0.132. The van der Waals surface area contributed by atoms with Crippen molar-refractivity contribution in [1.82, 2.24) is 10.7 Å². The van der Waals surface area contributed by atoms with Gasteiger partial charge in [0, 0.05) is 14.0 Å². The summed E-state index contributed by atoms with van der Waals surface area (Å²) in [5, 5.41) is 7.08. The van der Waals surface area contributed by atoms with E-state index >= 15 is 0 Å². The zero-order chi connectivity index (χ0) is 14.3. The van der Waals surface area contributed by atoms with Crippen molar-refractivity contribution in [2.45, 2.75) is 6.92 Å². The molecule has 1 rings (SSSR count). The molecule has 6 nitrogen and oxygen atoms in total. The van der Waals surface area contributed by atoms with E-state index in [2.05, 4.69) is 15.8 Å². The van der Waals surface area contributed by atoms with Crippen LogP contribution in [-0.2, 0) is 4.79 Å². The molecule has 0 spiro atoms. The number of carbonyl (C=O) groups is 1. The van der Waals surface area contributed by atoms with Crippen molar-refractivity contribution in [2.24, 2.45) is 5.10 Å². The Morgan fingerprint density at radius 1 is 1.42 bits per heavy atom. The van der Waals surface area contributed by atoms with Gasteiger partial charge >= 0.3 is 5.97 Å². The Kier molecular flexibility index (Phi) is 5.74. The lowest BCUT2D eigenvalue weighted by atomic mass is 10.2. The molecule has 0 fully saturated rings. The molecule has 2 N–H and O–H groups in total. The van der Waals surface area contributed by atoms with Crippen molar-refractivity contribution in [2.75, 3.05) is 14.2 Å². The molecule has 0 saturated heterocycles. The molecule has 0 aliphatic rings. The molecule has 0 bridgehead atoms. The summed E-state index contributed by atoms with van der Waals surface area (Å²) in [7, 11) is 3.19. The minimum absolute atomic E-state index is 0.367.